The Morgan fingerprint density at radius 2 is 1.13 bits per heavy atom. The minimum absolute atomic E-state index is 0.0557. The van der Waals surface area contributed by atoms with Gasteiger partial charge in [-0.15, -0.1) is 0 Å². The minimum Gasteiger partial charge on any atom is -0.378 e. The lowest BCUT2D eigenvalue weighted by atomic mass is 9.93. The lowest BCUT2D eigenvalue weighted by Gasteiger charge is -2.21. The molecule has 0 aromatic heterocycles. The van der Waals surface area contributed by atoms with Crippen molar-refractivity contribution in [2.45, 2.75) is 4.90 Å². The smallest absolute Gasteiger partial charge is 0.238 e. The molecule has 0 fully saturated rings. The van der Waals surface area contributed by atoms with Gasteiger partial charge in [-0.1, -0.05) is 12.1 Å². The summed E-state index contributed by atoms with van der Waals surface area (Å²) in [6.45, 7) is 0. The van der Waals surface area contributed by atoms with Crippen LogP contribution < -0.4 is 14.9 Å². The van der Waals surface area contributed by atoms with E-state index in [4.69, 9.17) is 5.14 Å². The van der Waals surface area contributed by atoms with Crippen molar-refractivity contribution in [1.82, 2.24) is 0 Å². The number of benzene rings is 3. The molecule has 3 aromatic carbocycles. The van der Waals surface area contributed by atoms with Gasteiger partial charge in [0.2, 0.25) is 10.0 Å². The summed E-state index contributed by atoms with van der Waals surface area (Å²) in [7, 11) is 3.74. The summed E-state index contributed by atoms with van der Waals surface area (Å²) in [4.78, 5) is 3.80. The highest BCUT2D eigenvalue weighted by Gasteiger charge is 2.16. The molecule has 0 aliphatic heterocycles. The number of primary sulfonamides is 1. The van der Waals surface area contributed by atoms with Gasteiger partial charge in [0.1, 0.15) is 0 Å². The van der Waals surface area contributed by atoms with Gasteiger partial charge in [-0.05, 0) is 64.7 Å². The van der Waals surface area contributed by atoms with Crippen LogP contribution in [0.1, 0.15) is 0 Å². The molecule has 0 amide bonds. The molecule has 0 spiro atoms. The average Bonchev–Trinajstić information content (AvgIpc) is 2.68. The maximum atomic E-state index is 14.2. The molecule has 0 atom stereocenters. The Morgan fingerprint density at radius 3 is 1.53 bits per heavy atom. The van der Waals surface area contributed by atoms with Gasteiger partial charge in [-0.2, -0.15) is 0 Å². The summed E-state index contributed by atoms with van der Waals surface area (Å²) >= 11 is 0. The van der Waals surface area contributed by atoms with E-state index < -0.39 is 21.7 Å². The van der Waals surface area contributed by atoms with E-state index in [0.717, 1.165) is 23.5 Å². The predicted molar refractivity (Wildman–Crippen MR) is 117 cm³/mol. The first-order valence-electron chi connectivity index (χ1n) is 9.10. The van der Waals surface area contributed by atoms with E-state index in [-0.39, 0.29) is 4.90 Å². The van der Waals surface area contributed by atoms with E-state index in [9.17, 15) is 17.2 Å². The van der Waals surface area contributed by atoms with E-state index in [1.807, 2.05) is 56.2 Å². The molecule has 3 rings (SSSR count). The molecule has 0 radical (unpaired) electrons. The molecule has 0 saturated carbocycles. The molecule has 2 N–H and O–H groups in total. The Balaban J connectivity index is 2.25. The van der Waals surface area contributed by atoms with Gasteiger partial charge in [0.05, 0.1) is 4.90 Å². The summed E-state index contributed by atoms with van der Waals surface area (Å²) in [5.74, 6) is -1.95. The molecule has 0 saturated heterocycles. The Kier molecular flexibility index (Phi) is 5.83. The van der Waals surface area contributed by atoms with Crippen LogP contribution in [0.15, 0.2) is 59.5 Å². The summed E-state index contributed by atoms with van der Waals surface area (Å²) in [5.41, 5.74) is 3.97. The van der Waals surface area contributed by atoms with Gasteiger partial charge >= 0.3 is 0 Å². The molecule has 0 aliphatic rings. The molecular weight excluding hydrogens is 408 g/mol. The SMILES string of the molecule is CN(C)c1cc(-c2cc(F)c(F)cc2-c2ccc(S(N)(=O)=O)cc2)cc(N(C)C)c1. The molecule has 5 nitrogen and oxygen atoms in total. The van der Waals surface area contributed by atoms with Gasteiger partial charge in [0.25, 0.3) is 0 Å². The lowest BCUT2D eigenvalue weighted by molar-refractivity contribution is 0.509. The first-order chi connectivity index (χ1) is 14.0. The molecule has 30 heavy (non-hydrogen) atoms. The second kappa shape index (κ2) is 8.04. The number of nitrogens with zero attached hydrogens (tertiary/aromatic N) is 2. The third-order valence-electron chi connectivity index (χ3n) is 4.80. The van der Waals surface area contributed by atoms with Crippen LogP contribution in [0.5, 0.6) is 0 Å². The molecule has 3 aromatic rings. The van der Waals surface area contributed by atoms with E-state index >= 15 is 0 Å². The number of rotatable bonds is 5. The molecule has 0 heterocycles. The quantitative estimate of drug-likeness (QED) is 0.661. The Bertz CT molecular complexity index is 1170. The average molecular weight is 432 g/mol. The van der Waals surface area contributed by atoms with Crippen LogP contribution >= 0.6 is 0 Å². The fraction of sp³-hybridized carbons (Fsp3) is 0.182. The number of halogens is 2. The van der Waals surface area contributed by atoms with Gasteiger partial charge in [-0.25, -0.2) is 22.3 Å². The van der Waals surface area contributed by atoms with Crippen LogP contribution in [0.4, 0.5) is 20.2 Å². The number of hydrogen-bond acceptors (Lipinski definition) is 4. The van der Waals surface area contributed by atoms with Gasteiger partial charge < -0.3 is 9.80 Å². The third kappa shape index (κ3) is 4.44. The zero-order chi connectivity index (χ0) is 22.2. The monoisotopic (exact) mass is 431 g/mol. The molecule has 0 unspecified atom stereocenters. The summed E-state index contributed by atoms with van der Waals surface area (Å²) in [6.07, 6.45) is 0. The van der Waals surface area contributed by atoms with Crippen LogP contribution in [0.2, 0.25) is 0 Å². The minimum atomic E-state index is -3.85. The number of nitrogens with two attached hydrogens (primary N) is 1. The predicted octanol–water partition coefficient (Wildman–Crippen LogP) is 4.08. The van der Waals surface area contributed by atoms with Crippen LogP contribution in [0.3, 0.4) is 0 Å². The molecular formula is C22H23F2N3O2S. The fourth-order valence-electron chi connectivity index (χ4n) is 3.12. The van der Waals surface area contributed by atoms with Crippen LogP contribution in [-0.4, -0.2) is 36.6 Å². The summed E-state index contributed by atoms with van der Waals surface area (Å²) in [6, 6.07) is 13.8. The van der Waals surface area contributed by atoms with Crippen molar-refractivity contribution in [1.29, 1.82) is 0 Å². The van der Waals surface area contributed by atoms with Crippen LogP contribution in [0, 0.1) is 11.6 Å². The topological polar surface area (TPSA) is 66.6 Å². The molecule has 0 aliphatic carbocycles. The van der Waals surface area contributed by atoms with Crippen molar-refractivity contribution in [3.05, 3.63) is 66.2 Å². The number of anilines is 2. The van der Waals surface area contributed by atoms with Crippen molar-refractivity contribution < 1.29 is 17.2 Å². The molecule has 158 valence electrons. The van der Waals surface area contributed by atoms with Crippen molar-refractivity contribution in [3.63, 3.8) is 0 Å². The molecule has 0 bridgehead atoms. The van der Waals surface area contributed by atoms with E-state index in [2.05, 4.69) is 0 Å². The van der Waals surface area contributed by atoms with Crippen molar-refractivity contribution in [2.75, 3.05) is 38.0 Å². The zero-order valence-corrected chi connectivity index (χ0v) is 18.0. The summed E-state index contributed by atoms with van der Waals surface area (Å²) in [5, 5.41) is 5.15. The maximum Gasteiger partial charge on any atom is 0.238 e. The maximum absolute atomic E-state index is 14.2. The fourth-order valence-corrected chi connectivity index (χ4v) is 3.63. The standard InChI is InChI=1S/C22H23F2N3O2S/c1-26(2)16-9-15(10-17(11-16)27(3)4)20-13-22(24)21(23)12-19(20)14-5-7-18(8-6-14)30(25,28)29/h5-13H,1-4H3,(H2,25,28,29). The highest BCUT2D eigenvalue weighted by atomic mass is 32.2. The van der Waals surface area contributed by atoms with Gasteiger partial charge in [0, 0.05) is 39.6 Å². The largest absolute Gasteiger partial charge is 0.378 e. The third-order valence-corrected chi connectivity index (χ3v) is 5.73. The van der Waals surface area contributed by atoms with E-state index in [1.54, 1.807) is 0 Å². The number of sulfonamides is 1. The van der Waals surface area contributed by atoms with Crippen LogP contribution in [0.25, 0.3) is 22.3 Å². The first-order valence-corrected chi connectivity index (χ1v) is 10.6. The highest BCUT2D eigenvalue weighted by Crippen LogP contribution is 2.37. The van der Waals surface area contributed by atoms with E-state index in [0.29, 0.717) is 22.3 Å². The van der Waals surface area contributed by atoms with Crippen molar-refractivity contribution in [3.8, 4) is 22.3 Å². The van der Waals surface area contributed by atoms with Gasteiger partial charge in [0.15, 0.2) is 11.6 Å². The van der Waals surface area contributed by atoms with Gasteiger partial charge in [-0.3, -0.25) is 0 Å². The summed E-state index contributed by atoms with van der Waals surface area (Å²) < 4.78 is 51.4. The lowest BCUT2D eigenvalue weighted by Crippen LogP contribution is -2.13. The first kappa shape index (κ1) is 21.7. The van der Waals surface area contributed by atoms with Crippen LogP contribution in [-0.2, 0) is 10.0 Å². The number of hydrogen-bond donors (Lipinski definition) is 1. The normalized spacial score (nSPS) is 11.4. The molecule has 8 heteroatoms. The van der Waals surface area contributed by atoms with E-state index in [1.165, 1.54) is 24.3 Å². The van der Waals surface area contributed by atoms with Crippen molar-refractivity contribution in [2.24, 2.45) is 5.14 Å². The Hall–Kier alpha value is -2.97. The highest BCUT2D eigenvalue weighted by molar-refractivity contribution is 7.89. The Labute approximate surface area is 175 Å². The zero-order valence-electron chi connectivity index (χ0n) is 17.1. The van der Waals surface area contributed by atoms with Crippen molar-refractivity contribution >= 4 is 21.4 Å². The second-order valence-electron chi connectivity index (χ2n) is 7.41. The second-order valence-corrected chi connectivity index (χ2v) is 8.97. The Morgan fingerprint density at radius 1 is 0.700 bits per heavy atom.